The van der Waals surface area contributed by atoms with Crippen LogP contribution in [0.25, 0.3) is 0 Å². The van der Waals surface area contributed by atoms with Gasteiger partial charge in [-0.15, -0.1) is 10.2 Å². The van der Waals surface area contributed by atoms with Crippen LogP contribution in [0.3, 0.4) is 0 Å². The van der Waals surface area contributed by atoms with Gasteiger partial charge in [0.15, 0.2) is 5.82 Å². The molecule has 0 saturated carbocycles. The highest BCUT2D eigenvalue weighted by atomic mass is 16.1. The van der Waals surface area contributed by atoms with E-state index in [9.17, 15) is 4.79 Å². The maximum Gasteiger partial charge on any atom is 0.220 e. The third kappa shape index (κ3) is 3.88. The lowest BCUT2D eigenvalue weighted by molar-refractivity contribution is -0.121. The molecule has 6 nitrogen and oxygen atoms in total. The highest BCUT2D eigenvalue weighted by Crippen LogP contribution is 2.08. The minimum Gasteiger partial charge on any atom is -0.346 e. The Kier molecular flexibility index (Phi) is 4.81. The number of nitrogens with zero attached hydrogens (tertiary/aromatic N) is 3. The van der Waals surface area contributed by atoms with Gasteiger partial charge >= 0.3 is 0 Å². The normalized spacial score (nSPS) is 12.1. The van der Waals surface area contributed by atoms with Crippen LogP contribution in [0.1, 0.15) is 43.3 Å². The van der Waals surface area contributed by atoms with Crippen molar-refractivity contribution in [3.05, 3.63) is 41.2 Å². The van der Waals surface area contributed by atoms with Gasteiger partial charge in [0.25, 0.3) is 0 Å². The molecular weight excluding hydrogens is 254 g/mol. The van der Waals surface area contributed by atoms with Gasteiger partial charge in [-0.25, -0.2) is 0 Å². The molecule has 0 radical (unpaired) electrons. The molecule has 1 aromatic carbocycles. The SMILES string of the molecule is CCc1ccc(CCC(=O)NC(C)c2nn[nH]n2)cc1. The predicted octanol–water partition coefficient (Wildman–Crippen LogP) is 1.57. The Hall–Kier alpha value is -2.24. The van der Waals surface area contributed by atoms with Crippen molar-refractivity contribution in [3.63, 3.8) is 0 Å². The molecule has 0 spiro atoms. The van der Waals surface area contributed by atoms with Crippen molar-refractivity contribution in [2.75, 3.05) is 0 Å². The van der Waals surface area contributed by atoms with E-state index in [4.69, 9.17) is 0 Å². The van der Waals surface area contributed by atoms with Gasteiger partial charge in [-0.1, -0.05) is 36.4 Å². The van der Waals surface area contributed by atoms with Gasteiger partial charge in [0.05, 0.1) is 6.04 Å². The number of carbonyl (C=O) groups is 1. The van der Waals surface area contributed by atoms with Gasteiger partial charge < -0.3 is 5.32 Å². The monoisotopic (exact) mass is 273 g/mol. The summed E-state index contributed by atoms with van der Waals surface area (Å²) in [5.41, 5.74) is 2.48. The molecule has 2 N–H and O–H groups in total. The smallest absolute Gasteiger partial charge is 0.220 e. The van der Waals surface area contributed by atoms with Crippen LogP contribution in [0.5, 0.6) is 0 Å². The fourth-order valence-corrected chi connectivity index (χ4v) is 1.93. The van der Waals surface area contributed by atoms with E-state index >= 15 is 0 Å². The van der Waals surface area contributed by atoms with E-state index in [-0.39, 0.29) is 11.9 Å². The van der Waals surface area contributed by atoms with Crippen molar-refractivity contribution >= 4 is 5.91 Å². The van der Waals surface area contributed by atoms with Crippen LogP contribution in [-0.4, -0.2) is 26.5 Å². The molecule has 2 rings (SSSR count). The number of hydrogen-bond donors (Lipinski definition) is 2. The second kappa shape index (κ2) is 6.79. The second-order valence-corrected chi connectivity index (χ2v) is 4.73. The summed E-state index contributed by atoms with van der Waals surface area (Å²) in [6.07, 6.45) is 2.21. The van der Waals surface area contributed by atoms with Gasteiger partial charge in [-0.3, -0.25) is 4.79 Å². The number of H-pyrrole nitrogens is 1. The lowest BCUT2D eigenvalue weighted by Crippen LogP contribution is -2.27. The average molecular weight is 273 g/mol. The summed E-state index contributed by atoms with van der Waals surface area (Å²) in [6.45, 7) is 3.96. The number of amides is 1. The standard InChI is InChI=1S/C14H19N5O/c1-3-11-4-6-12(7-5-11)8-9-13(20)15-10(2)14-16-18-19-17-14/h4-7,10H,3,8-9H2,1-2H3,(H,15,20)(H,16,17,18,19). The van der Waals surface area contributed by atoms with Crippen molar-refractivity contribution < 1.29 is 4.79 Å². The van der Waals surface area contributed by atoms with Crippen molar-refractivity contribution in [2.24, 2.45) is 0 Å². The zero-order chi connectivity index (χ0) is 14.4. The number of nitrogens with one attached hydrogen (secondary N) is 2. The molecule has 0 aliphatic carbocycles. The summed E-state index contributed by atoms with van der Waals surface area (Å²) >= 11 is 0. The number of hydrogen-bond acceptors (Lipinski definition) is 4. The number of benzene rings is 1. The molecule has 1 unspecified atom stereocenters. The number of aromatic nitrogens is 4. The second-order valence-electron chi connectivity index (χ2n) is 4.73. The van der Waals surface area contributed by atoms with Crippen LogP contribution in [0.4, 0.5) is 0 Å². The molecule has 0 fully saturated rings. The van der Waals surface area contributed by atoms with Gasteiger partial charge in [0.2, 0.25) is 5.91 Å². The first-order valence-electron chi connectivity index (χ1n) is 6.79. The summed E-state index contributed by atoms with van der Waals surface area (Å²) < 4.78 is 0. The summed E-state index contributed by atoms with van der Waals surface area (Å²) in [5, 5.41) is 16.4. The van der Waals surface area contributed by atoms with Crippen molar-refractivity contribution in [2.45, 2.75) is 39.2 Å². The van der Waals surface area contributed by atoms with Crippen molar-refractivity contribution in [1.29, 1.82) is 0 Å². The Labute approximate surface area is 118 Å². The van der Waals surface area contributed by atoms with Crippen LogP contribution in [0.15, 0.2) is 24.3 Å². The molecule has 6 heteroatoms. The first kappa shape index (κ1) is 14.2. The fourth-order valence-electron chi connectivity index (χ4n) is 1.93. The topological polar surface area (TPSA) is 83.6 Å². The van der Waals surface area contributed by atoms with E-state index in [1.807, 2.05) is 6.92 Å². The Balaban J connectivity index is 1.79. The summed E-state index contributed by atoms with van der Waals surface area (Å²) in [7, 11) is 0. The van der Waals surface area contributed by atoms with E-state index in [2.05, 4.69) is 57.1 Å². The van der Waals surface area contributed by atoms with Crippen molar-refractivity contribution in [1.82, 2.24) is 25.9 Å². The van der Waals surface area contributed by atoms with Gasteiger partial charge in [-0.05, 0) is 30.9 Å². The molecule has 1 heterocycles. The molecule has 106 valence electrons. The van der Waals surface area contributed by atoms with Crippen LogP contribution in [0, 0.1) is 0 Å². The number of tetrazole rings is 1. The molecule has 2 aromatic rings. The van der Waals surface area contributed by atoms with E-state index in [1.54, 1.807) is 0 Å². The molecule has 0 aliphatic rings. The number of carbonyl (C=O) groups excluding carboxylic acids is 1. The molecule has 1 atom stereocenters. The van der Waals surface area contributed by atoms with Gasteiger partial charge in [0, 0.05) is 6.42 Å². The Morgan fingerprint density at radius 3 is 2.60 bits per heavy atom. The van der Waals surface area contributed by atoms with Crippen LogP contribution in [-0.2, 0) is 17.6 Å². The van der Waals surface area contributed by atoms with Gasteiger partial charge in [-0.2, -0.15) is 5.21 Å². The summed E-state index contributed by atoms with van der Waals surface area (Å²) in [6, 6.07) is 8.14. The Bertz CT molecular complexity index is 535. The summed E-state index contributed by atoms with van der Waals surface area (Å²) in [5.74, 6) is 0.479. The van der Waals surface area contributed by atoms with E-state index in [0.29, 0.717) is 12.2 Å². The molecule has 0 bridgehead atoms. The maximum absolute atomic E-state index is 11.8. The number of aryl methyl sites for hydroxylation is 2. The third-order valence-corrected chi connectivity index (χ3v) is 3.20. The zero-order valence-electron chi connectivity index (χ0n) is 11.8. The maximum atomic E-state index is 11.8. The first-order valence-corrected chi connectivity index (χ1v) is 6.79. The van der Waals surface area contributed by atoms with E-state index in [0.717, 1.165) is 12.8 Å². The molecular formula is C14H19N5O. The van der Waals surface area contributed by atoms with Crippen LogP contribution >= 0.6 is 0 Å². The molecule has 1 aromatic heterocycles. The first-order chi connectivity index (χ1) is 9.69. The Morgan fingerprint density at radius 1 is 1.30 bits per heavy atom. The lowest BCUT2D eigenvalue weighted by atomic mass is 10.1. The largest absolute Gasteiger partial charge is 0.346 e. The summed E-state index contributed by atoms with van der Waals surface area (Å²) in [4.78, 5) is 11.8. The van der Waals surface area contributed by atoms with Crippen LogP contribution < -0.4 is 5.32 Å². The van der Waals surface area contributed by atoms with Gasteiger partial charge in [0.1, 0.15) is 0 Å². The van der Waals surface area contributed by atoms with E-state index < -0.39 is 0 Å². The van der Waals surface area contributed by atoms with E-state index in [1.165, 1.54) is 11.1 Å². The third-order valence-electron chi connectivity index (χ3n) is 3.20. The van der Waals surface area contributed by atoms with Crippen LogP contribution in [0.2, 0.25) is 0 Å². The quantitative estimate of drug-likeness (QED) is 0.836. The number of aromatic amines is 1. The Morgan fingerprint density at radius 2 is 2.00 bits per heavy atom. The van der Waals surface area contributed by atoms with Crippen molar-refractivity contribution in [3.8, 4) is 0 Å². The highest BCUT2D eigenvalue weighted by Gasteiger charge is 2.13. The molecule has 1 amide bonds. The molecule has 0 aliphatic heterocycles. The zero-order valence-corrected chi connectivity index (χ0v) is 11.8. The molecule has 0 saturated heterocycles. The highest BCUT2D eigenvalue weighted by molar-refractivity contribution is 5.76. The lowest BCUT2D eigenvalue weighted by Gasteiger charge is -2.10. The fraction of sp³-hybridized carbons (Fsp3) is 0.429. The average Bonchev–Trinajstić information content (AvgIpc) is 3.00. The molecule has 20 heavy (non-hydrogen) atoms. The minimum atomic E-state index is -0.233. The predicted molar refractivity (Wildman–Crippen MR) is 74.9 cm³/mol. The number of rotatable bonds is 6. The minimum absolute atomic E-state index is 0.0122.